The minimum absolute atomic E-state index is 0.0336. The minimum atomic E-state index is -0.691. The molecule has 1 aromatic carbocycles. The molecular formula is C27H37N3O7. The van der Waals surface area contributed by atoms with Gasteiger partial charge in [0.25, 0.3) is 0 Å². The van der Waals surface area contributed by atoms with Gasteiger partial charge in [-0.05, 0) is 44.4 Å². The van der Waals surface area contributed by atoms with Gasteiger partial charge in [-0.15, -0.1) is 0 Å². The van der Waals surface area contributed by atoms with Crippen molar-refractivity contribution in [2.24, 2.45) is 17.0 Å². The van der Waals surface area contributed by atoms with Crippen LogP contribution < -0.4 is 9.47 Å². The molecule has 1 aromatic rings. The van der Waals surface area contributed by atoms with Crippen LogP contribution in [0.15, 0.2) is 35.5 Å². The summed E-state index contributed by atoms with van der Waals surface area (Å²) in [6.45, 7) is 10.1. The van der Waals surface area contributed by atoms with Crippen molar-refractivity contribution in [1.29, 1.82) is 0 Å². The van der Waals surface area contributed by atoms with E-state index in [4.69, 9.17) is 34.0 Å². The van der Waals surface area contributed by atoms with Gasteiger partial charge in [-0.2, -0.15) is 0 Å². The molecular weight excluding hydrogens is 478 g/mol. The number of cyclic esters (lactones) is 1. The molecule has 0 radical (unpaired) electrons. The SMILES string of the molecule is COCOc1cc(OCCN=[N+]=[N-])cc2c1C(=O)O[C@@H](C)[C@H](C)/C=C\C(C)C1OC(C)(C)OC1C/C=C/2. The molecule has 5 atom stereocenters. The highest BCUT2D eigenvalue weighted by Gasteiger charge is 2.42. The Labute approximate surface area is 218 Å². The van der Waals surface area contributed by atoms with Crippen LogP contribution in [0.4, 0.5) is 0 Å². The molecule has 0 N–H and O–H groups in total. The highest BCUT2D eigenvalue weighted by atomic mass is 16.8. The number of carbonyl (C=O) groups is 1. The predicted molar refractivity (Wildman–Crippen MR) is 138 cm³/mol. The van der Waals surface area contributed by atoms with E-state index in [1.807, 2.05) is 39.8 Å². The number of esters is 1. The zero-order valence-electron chi connectivity index (χ0n) is 22.4. The predicted octanol–water partition coefficient (Wildman–Crippen LogP) is 5.67. The molecule has 2 aliphatic heterocycles. The molecule has 3 rings (SSSR count). The molecule has 0 saturated carbocycles. The van der Waals surface area contributed by atoms with E-state index in [1.165, 1.54) is 7.11 Å². The minimum Gasteiger partial charge on any atom is -0.493 e. The summed E-state index contributed by atoms with van der Waals surface area (Å²) in [5, 5.41) is 3.49. The summed E-state index contributed by atoms with van der Waals surface area (Å²) >= 11 is 0. The topological polar surface area (TPSA) is 121 Å². The number of hydrogen-bond donors (Lipinski definition) is 0. The average molecular weight is 516 g/mol. The molecule has 2 heterocycles. The van der Waals surface area contributed by atoms with Crippen LogP contribution in [0.1, 0.15) is 57.0 Å². The summed E-state index contributed by atoms with van der Waals surface area (Å²) in [7, 11) is 1.50. The lowest BCUT2D eigenvalue weighted by molar-refractivity contribution is -0.148. The van der Waals surface area contributed by atoms with Crippen LogP contribution in [-0.2, 0) is 18.9 Å². The number of benzene rings is 1. The fourth-order valence-electron chi connectivity index (χ4n) is 4.30. The van der Waals surface area contributed by atoms with Crippen LogP contribution in [-0.4, -0.2) is 57.1 Å². The van der Waals surface area contributed by atoms with E-state index >= 15 is 0 Å². The van der Waals surface area contributed by atoms with E-state index < -0.39 is 17.9 Å². The summed E-state index contributed by atoms with van der Waals surface area (Å²) in [4.78, 5) is 16.2. The van der Waals surface area contributed by atoms with E-state index in [2.05, 4.69) is 29.1 Å². The monoisotopic (exact) mass is 515 g/mol. The molecule has 2 aliphatic rings. The molecule has 10 heteroatoms. The summed E-state index contributed by atoms with van der Waals surface area (Å²) in [6, 6.07) is 3.34. The number of carbonyl (C=O) groups excluding carboxylic acids is 1. The van der Waals surface area contributed by atoms with E-state index in [1.54, 1.807) is 12.1 Å². The quantitative estimate of drug-likeness (QED) is 0.0872. The fourth-order valence-corrected chi connectivity index (χ4v) is 4.30. The van der Waals surface area contributed by atoms with Crippen LogP contribution in [0.3, 0.4) is 0 Å². The first-order valence-corrected chi connectivity index (χ1v) is 12.5. The number of fused-ring (bicyclic) bond motifs is 2. The molecule has 37 heavy (non-hydrogen) atoms. The average Bonchev–Trinajstić information content (AvgIpc) is 3.17. The first-order chi connectivity index (χ1) is 17.6. The van der Waals surface area contributed by atoms with Gasteiger partial charge < -0.3 is 28.4 Å². The third-order valence-corrected chi connectivity index (χ3v) is 6.32. The Bertz CT molecular complexity index is 1050. The van der Waals surface area contributed by atoms with Crippen molar-refractivity contribution in [2.45, 2.75) is 65.1 Å². The second-order valence-electron chi connectivity index (χ2n) is 9.73. The fraction of sp³-hybridized carbons (Fsp3) is 0.593. The van der Waals surface area contributed by atoms with Crippen molar-refractivity contribution in [3.8, 4) is 11.5 Å². The van der Waals surface area contributed by atoms with Crippen LogP contribution in [0.5, 0.6) is 11.5 Å². The van der Waals surface area contributed by atoms with Crippen molar-refractivity contribution >= 4 is 12.0 Å². The lowest BCUT2D eigenvalue weighted by Crippen LogP contribution is -2.29. The van der Waals surface area contributed by atoms with E-state index in [0.717, 1.165) is 0 Å². The van der Waals surface area contributed by atoms with Gasteiger partial charge >= 0.3 is 5.97 Å². The van der Waals surface area contributed by atoms with Crippen LogP contribution in [0.25, 0.3) is 16.5 Å². The van der Waals surface area contributed by atoms with Crippen LogP contribution in [0.2, 0.25) is 0 Å². The summed E-state index contributed by atoms with van der Waals surface area (Å²) < 4.78 is 34.9. The van der Waals surface area contributed by atoms with Crippen molar-refractivity contribution in [2.75, 3.05) is 27.1 Å². The normalized spacial score (nSPS) is 29.0. The molecule has 0 aromatic heterocycles. The highest BCUT2D eigenvalue weighted by molar-refractivity contribution is 5.97. The molecule has 0 amide bonds. The zero-order chi connectivity index (χ0) is 27.0. The molecule has 10 nitrogen and oxygen atoms in total. The first-order valence-electron chi connectivity index (χ1n) is 12.5. The number of rotatable bonds is 7. The second-order valence-corrected chi connectivity index (χ2v) is 9.73. The number of azide groups is 1. The Kier molecular flexibility index (Phi) is 10.00. The number of methoxy groups -OCH3 is 1. The lowest BCUT2D eigenvalue weighted by Gasteiger charge is -2.23. The number of nitrogens with zero attached hydrogens (tertiary/aromatic N) is 3. The maximum Gasteiger partial charge on any atom is 0.342 e. The zero-order valence-corrected chi connectivity index (χ0v) is 22.4. The van der Waals surface area contributed by atoms with Gasteiger partial charge in [0.1, 0.15) is 23.2 Å². The molecule has 0 bridgehead atoms. The van der Waals surface area contributed by atoms with Crippen molar-refractivity contribution in [3.05, 3.63) is 51.9 Å². The third-order valence-electron chi connectivity index (χ3n) is 6.32. The van der Waals surface area contributed by atoms with Gasteiger partial charge in [-0.25, -0.2) is 4.79 Å². The van der Waals surface area contributed by atoms with Crippen molar-refractivity contribution < 1.29 is 33.2 Å². The summed E-state index contributed by atoms with van der Waals surface area (Å²) in [5.41, 5.74) is 9.35. The summed E-state index contributed by atoms with van der Waals surface area (Å²) in [6.07, 6.45) is 7.84. The Morgan fingerprint density at radius 3 is 2.62 bits per heavy atom. The maximum atomic E-state index is 13.4. The maximum absolute atomic E-state index is 13.4. The molecule has 0 spiro atoms. The Balaban J connectivity index is 2.04. The van der Waals surface area contributed by atoms with Gasteiger partial charge in [0.15, 0.2) is 12.6 Å². The number of hydrogen-bond acceptors (Lipinski definition) is 8. The molecule has 1 saturated heterocycles. The molecule has 3 unspecified atom stereocenters. The highest BCUT2D eigenvalue weighted by Crippen LogP contribution is 2.36. The Morgan fingerprint density at radius 1 is 1.14 bits per heavy atom. The second kappa shape index (κ2) is 13.0. The smallest absolute Gasteiger partial charge is 0.342 e. The first kappa shape index (κ1) is 28.5. The van der Waals surface area contributed by atoms with Gasteiger partial charge in [-0.1, -0.05) is 43.3 Å². The lowest BCUT2D eigenvalue weighted by atomic mass is 9.94. The molecule has 1 fully saturated rings. The van der Waals surface area contributed by atoms with E-state index in [0.29, 0.717) is 17.7 Å². The van der Waals surface area contributed by atoms with Gasteiger partial charge in [0.05, 0.1) is 25.4 Å². The molecule has 202 valence electrons. The van der Waals surface area contributed by atoms with Gasteiger partial charge in [0, 0.05) is 29.9 Å². The van der Waals surface area contributed by atoms with Crippen molar-refractivity contribution in [3.63, 3.8) is 0 Å². The van der Waals surface area contributed by atoms with E-state index in [9.17, 15) is 4.79 Å². The third kappa shape index (κ3) is 7.72. The Morgan fingerprint density at radius 2 is 1.89 bits per heavy atom. The van der Waals surface area contributed by atoms with Crippen molar-refractivity contribution in [1.82, 2.24) is 0 Å². The standard InChI is InChI=1S/C27H37N3O7/c1-17-10-11-18(2)25-22(36-27(4,5)37-25)9-7-8-20-14-21(33-13-12-29-30-28)15-23(34-16-32-6)24(20)26(31)35-19(17)3/h7-8,10-11,14-15,17-19,22,25H,9,12-13,16H2,1-6H3/b8-7+,11-10-/t17-,18?,19+,22?,25?/m1/s1. The van der Waals surface area contributed by atoms with Crippen LogP contribution in [0, 0.1) is 11.8 Å². The molecule has 0 aliphatic carbocycles. The number of ether oxygens (including phenoxy) is 6. The Hall–Kier alpha value is -3.04. The van der Waals surface area contributed by atoms with Gasteiger partial charge in [-0.3, -0.25) is 0 Å². The van der Waals surface area contributed by atoms with Crippen LogP contribution >= 0.6 is 0 Å². The largest absolute Gasteiger partial charge is 0.493 e. The summed E-state index contributed by atoms with van der Waals surface area (Å²) in [5.74, 6) is -0.413. The van der Waals surface area contributed by atoms with Gasteiger partial charge in [0.2, 0.25) is 0 Å². The van der Waals surface area contributed by atoms with E-state index in [-0.39, 0.29) is 55.3 Å².